The fourth-order valence-corrected chi connectivity index (χ4v) is 3.72. The molecule has 154 valence electrons. The smallest absolute Gasteiger partial charge is 0.261 e. The molecule has 1 aromatic heterocycles. The van der Waals surface area contributed by atoms with Crippen molar-refractivity contribution in [3.8, 4) is 11.3 Å². The van der Waals surface area contributed by atoms with Crippen LogP contribution in [-0.4, -0.2) is 47.9 Å². The summed E-state index contributed by atoms with van der Waals surface area (Å²) in [6.07, 6.45) is 2.56. The molecule has 4 N–H and O–H groups in total. The average molecular weight is 396 g/mol. The fourth-order valence-electron chi connectivity index (χ4n) is 3.72. The number of amides is 2. The van der Waals surface area contributed by atoms with Gasteiger partial charge >= 0.3 is 0 Å². The Bertz CT molecular complexity index is 938. The van der Waals surface area contributed by atoms with Crippen LogP contribution in [0.25, 0.3) is 11.3 Å². The zero-order valence-electron chi connectivity index (χ0n) is 16.7. The van der Waals surface area contributed by atoms with Gasteiger partial charge in [-0.25, -0.2) is 0 Å². The zero-order valence-corrected chi connectivity index (χ0v) is 16.7. The first-order valence-electron chi connectivity index (χ1n) is 10.0. The van der Waals surface area contributed by atoms with Gasteiger partial charge in [0.05, 0.1) is 5.92 Å². The Hall–Kier alpha value is -2.93. The van der Waals surface area contributed by atoms with Crippen LogP contribution in [0.15, 0.2) is 41.2 Å². The number of nitrogens with zero attached hydrogens (tertiary/aromatic N) is 1. The van der Waals surface area contributed by atoms with E-state index in [1.165, 1.54) is 0 Å². The summed E-state index contributed by atoms with van der Waals surface area (Å²) >= 11 is 0. The number of aryl methyl sites for hydroxylation is 1. The number of aromatic nitrogens is 1. The van der Waals surface area contributed by atoms with Gasteiger partial charge in [-0.1, -0.05) is 23.8 Å². The Morgan fingerprint density at radius 1 is 1.28 bits per heavy atom. The van der Waals surface area contributed by atoms with Crippen molar-refractivity contribution in [2.75, 3.05) is 26.2 Å². The predicted molar refractivity (Wildman–Crippen MR) is 113 cm³/mol. The highest BCUT2D eigenvalue weighted by atomic mass is 16.2. The van der Waals surface area contributed by atoms with Crippen LogP contribution in [0.4, 0.5) is 0 Å². The summed E-state index contributed by atoms with van der Waals surface area (Å²) in [5.41, 5.74) is 7.80. The van der Waals surface area contributed by atoms with E-state index in [-0.39, 0.29) is 23.3 Å². The second kappa shape index (κ2) is 9.52. The van der Waals surface area contributed by atoms with Gasteiger partial charge in [-0.3, -0.25) is 14.4 Å². The zero-order chi connectivity index (χ0) is 20.8. The molecule has 1 fully saturated rings. The van der Waals surface area contributed by atoms with Gasteiger partial charge in [-0.15, -0.1) is 0 Å². The van der Waals surface area contributed by atoms with Crippen molar-refractivity contribution in [2.45, 2.75) is 26.2 Å². The number of hydrogen-bond acceptors (Lipinski definition) is 4. The highest BCUT2D eigenvalue weighted by Crippen LogP contribution is 2.17. The quantitative estimate of drug-likeness (QED) is 0.619. The highest BCUT2D eigenvalue weighted by Gasteiger charge is 2.23. The molecule has 1 aromatic carbocycles. The van der Waals surface area contributed by atoms with Crippen LogP contribution in [-0.2, 0) is 4.79 Å². The topological polar surface area (TPSA) is 108 Å². The Labute approximate surface area is 170 Å². The minimum atomic E-state index is -0.401. The fraction of sp³-hybridized carbons (Fsp3) is 0.409. The molecule has 7 nitrogen and oxygen atoms in total. The van der Waals surface area contributed by atoms with E-state index in [4.69, 9.17) is 5.73 Å². The molecule has 1 saturated heterocycles. The Morgan fingerprint density at radius 3 is 2.83 bits per heavy atom. The van der Waals surface area contributed by atoms with E-state index in [9.17, 15) is 14.4 Å². The summed E-state index contributed by atoms with van der Waals surface area (Å²) in [5.74, 6) is -0.698. The van der Waals surface area contributed by atoms with Crippen LogP contribution >= 0.6 is 0 Å². The van der Waals surface area contributed by atoms with Crippen molar-refractivity contribution in [2.24, 2.45) is 11.7 Å². The first kappa shape index (κ1) is 20.8. The van der Waals surface area contributed by atoms with Crippen LogP contribution in [0, 0.1) is 12.8 Å². The van der Waals surface area contributed by atoms with Crippen LogP contribution in [0.2, 0.25) is 0 Å². The number of H-pyrrole nitrogens is 1. The van der Waals surface area contributed by atoms with Crippen LogP contribution in [0.5, 0.6) is 0 Å². The predicted octanol–water partition coefficient (Wildman–Crippen LogP) is 1.67. The third-order valence-electron chi connectivity index (χ3n) is 5.33. The summed E-state index contributed by atoms with van der Waals surface area (Å²) in [6.45, 7) is 4.87. The number of piperidine rings is 1. The molecule has 0 bridgehead atoms. The van der Waals surface area contributed by atoms with E-state index in [2.05, 4.69) is 15.2 Å². The first-order valence-corrected chi connectivity index (χ1v) is 10.0. The molecule has 2 amide bonds. The number of primary amides is 1. The normalized spacial score (nSPS) is 17.1. The molecule has 3 rings (SSSR count). The number of carbonyl (C=O) groups is 2. The molecule has 0 radical (unpaired) electrons. The summed E-state index contributed by atoms with van der Waals surface area (Å²) in [7, 11) is 0. The maximum Gasteiger partial charge on any atom is 0.261 e. The van der Waals surface area contributed by atoms with Gasteiger partial charge in [0.2, 0.25) is 5.91 Å². The van der Waals surface area contributed by atoms with E-state index in [1.54, 1.807) is 12.1 Å². The van der Waals surface area contributed by atoms with E-state index in [1.807, 2.05) is 31.2 Å². The largest absolute Gasteiger partial charge is 0.369 e. The molecule has 1 atom stereocenters. The Balaban J connectivity index is 1.51. The lowest BCUT2D eigenvalue weighted by Gasteiger charge is -2.31. The average Bonchev–Trinajstić information content (AvgIpc) is 2.71. The Kier molecular flexibility index (Phi) is 6.82. The number of nitrogens with one attached hydrogen (secondary N) is 2. The van der Waals surface area contributed by atoms with Gasteiger partial charge < -0.3 is 20.9 Å². The molecule has 0 spiro atoms. The minimum Gasteiger partial charge on any atom is -0.369 e. The van der Waals surface area contributed by atoms with Gasteiger partial charge in [0, 0.05) is 18.8 Å². The minimum absolute atomic E-state index is 0.0798. The molecule has 1 aliphatic rings. The number of aromatic amines is 1. The van der Waals surface area contributed by atoms with Crippen LogP contribution < -0.4 is 16.6 Å². The molecule has 1 aliphatic heterocycles. The Morgan fingerprint density at radius 2 is 2.10 bits per heavy atom. The molecule has 2 aromatic rings. The number of pyridine rings is 1. The third kappa shape index (κ3) is 5.54. The van der Waals surface area contributed by atoms with Gasteiger partial charge in [0.1, 0.15) is 5.56 Å². The maximum absolute atomic E-state index is 12.4. The standard InChI is InChI=1S/C22H28N4O3/c1-15-5-2-6-16(13-15)19-9-8-18(22(29)25-19)21(28)24-10-4-12-26-11-3-7-17(14-26)20(23)27/h2,5-6,8-9,13,17H,3-4,7,10-12,14H2,1H3,(H2,23,27)(H,24,28)(H,25,29). The van der Waals surface area contributed by atoms with E-state index in [0.717, 1.165) is 43.5 Å². The van der Waals surface area contributed by atoms with Gasteiger partial charge in [0.25, 0.3) is 11.5 Å². The molecule has 2 heterocycles. The van der Waals surface area contributed by atoms with E-state index in [0.29, 0.717) is 18.8 Å². The summed E-state index contributed by atoms with van der Waals surface area (Å²) in [6, 6.07) is 11.1. The molecule has 0 saturated carbocycles. The first-order chi connectivity index (χ1) is 13.9. The number of rotatable bonds is 7. The number of benzene rings is 1. The molecule has 7 heteroatoms. The van der Waals surface area contributed by atoms with E-state index >= 15 is 0 Å². The maximum atomic E-state index is 12.4. The van der Waals surface area contributed by atoms with Crippen molar-refractivity contribution < 1.29 is 9.59 Å². The monoisotopic (exact) mass is 396 g/mol. The number of likely N-dealkylation sites (tertiary alicyclic amines) is 1. The van der Waals surface area contributed by atoms with Gasteiger partial charge in [-0.05, 0) is 63.0 Å². The summed E-state index contributed by atoms with van der Waals surface area (Å²) < 4.78 is 0. The molecule has 0 aliphatic carbocycles. The molecular weight excluding hydrogens is 368 g/mol. The van der Waals surface area contributed by atoms with Crippen molar-refractivity contribution in [3.63, 3.8) is 0 Å². The van der Waals surface area contributed by atoms with Crippen molar-refractivity contribution in [3.05, 3.63) is 57.9 Å². The van der Waals surface area contributed by atoms with Crippen molar-refractivity contribution >= 4 is 11.8 Å². The SMILES string of the molecule is Cc1cccc(-c2ccc(C(=O)NCCCN3CCCC(C(N)=O)C3)c(=O)[nH]2)c1. The number of hydrogen-bond donors (Lipinski definition) is 3. The summed E-state index contributed by atoms with van der Waals surface area (Å²) in [4.78, 5) is 41.0. The van der Waals surface area contributed by atoms with E-state index < -0.39 is 5.56 Å². The summed E-state index contributed by atoms with van der Waals surface area (Å²) in [5, 5.41) is 2.80. The van der Waals surface area contributed by atoms with Crippen LogP contribution in [0.1, 0.15) is 35.2 Å². The molecule has 1 unspecified atom stereocenters. The lowest BCUT2D eigenvalue weighted by atomic mass is 9.97. The lowest BCUT2D eigenvalue weighted by molar-refractivity contribution is -0.123. The highest BCUT2D eigenvalue weighted by molar-refractivity contribution is 5.94. The third-order valence-corrected chi connectivity index (χ3v) is 5.33. The van der Waals surface area contributed by atoms with Gasteiger partial charge in [-0.2, -0.15) is 0 Å². The second-order valence-electron chi connectivity index (χ2n) is 7.64. The number of carbonyl (C=O) groups excluding carboxylic acids is 2. The molecule has 29 heavy (non-hydrogen) atoms. The molecular formula is C22H28N4O3. The van der Waals surface area contributed by atoms with Crippen molar-refractivity contribution in [1.29, 1.82) is 0 Å². The van der Waals surface area contributed by atoms with Crippen LogP contribution in [0.3, 0.4) is 0 Å². The number of nitrogens with two attached hydrogens (primary N) is 1. The second-order valence-corrected chi connectivity index (χ2v) is 7.64. The lowest BCUT2D eigenvalue weighted by Crippen LogP contribution is -2.42. The van der Waals surface area contributed by atoms with Crippen molar-refractivity contribution in [1.82, 2.24) is 15.2 Å². The van der Waals surface area contributed by atoms with Gasteiger partial charge in [0.15, 0.2) is 0 Å².